The lowest BCUT2D eigenvalue weighted by atomic mass is 10.1. The number of carbonyl (C=O) groups excluding carboxylic acids is 1. The number of amides is 1. The number of aromatic nitrogens is 2. The standard InChI is InChI=1S/C10H16N4O/c1-6(4-7-2-3-7)12-10(15)8-5-9(11)14-13-8/h5-7H,2-4H2,1H3,(H,12,15)(H3,11,13,14). The zero-order chi connectivity index (χ0) is 10.8. The minimum Gasteiger partial charge on any atom is -0.382 e. The monoisotopic (exact) mass is 208 g/mol. The number of nitrogen functional groups attached to an aromatic ring is 1. The van der Waals surface area contributed by atoms with Gasteiger partial charge in [-0.3, -0.25) is 9.89 Å². The fourth-order valence-corrected chi connectivity index (χ4v) is 1.67. The number of carbonyl (C=O) groups is 1. The highest BCUT2D eigenvalue weighted by Gasteiger charge is 2.24. The van der Waals surface area contributed by atoms with Crippen LogP contribution in [-0.4, -0.2) is 22.1 Å². The van der Waals surface area contributed by atoms with Crippen LogP contribution in [-0.2, 0) is 0 Å². The van der Waals surface area contributed by atoms with Gasteiger partial charge in [-0.25, -0.2) is 0 Å². The highest BCUT2D eigenvalue weighted by Crippen LogP contribution is 2.33. The minimum absolute atomic E-state index is 0.132. The average molecular weight is 208 g/mol. The molecule has 0 spiro atoms. The lowest BCUT2D eigenvalue weighted by molar-refractivity contribution is 0.0932. The van der Waals surface area contributed by atoms with Crippen molar-refractivity contribution in [3.8, 4) is 0 Å². The van der Waals surface area contributed by atoms with Crippen molar-refractivity contribution >= 4 is 11.7 Å². The van der Waals surface area contributed by atoms with E-state index in [0.29, 0.717) is 11.5 Å². The van der Waals surface area contributed by atoms with Crippen LogP contribution in [0, 0.1) is 5.92 Å². The third-order valence-electron chi connectivity index (χ3n) is 2.60. The predicted molar refractivity (Wildman–Crippen MR) is 57.3 cm³/mol. The van der Waals surface area contributed by atoms with Gasteiger partial charge in [0.1, 0.15) is 11.5 Å². The Hall–Kier alpha value is -1.52. The second kappa shape index (κ2) is 3.92. The number of rotatable bonds is 4. The van der Waals surface area contributed by atoms with Gasteiger partial charge in [0, 0.05) is 12.1 Å². The minimum atomic E-state index is -0.132. The summed E-state index contributed by atoms with van der Waals surface area (Å²) in [6.07, 6.45) is 3.67. The molecule has 4 N–H and O–H groups in total. The number of nitrogens with two attached hydrogens (primary N) is 1. The van der Waals surface area contributed by atoms with Crippen LogP contribution in [0.15, 0.2) is 6.07 Å². The number of H-pyrrole nitrogens is 1. The van der Waals surface area contributed by atoms with E-state index in [9.17, 15) is 4.79 Å². The summed E-state index contributed by atoms with van der Waals surface area (Å²) in [4.78, 5) is 11.6. The summed E-state index contributed by atoms with van der Waals surface area (Å²) in [6.45, 7) is 2.02. The van der Waals surface area contributed by atoms with E-state index in [1.807, 2.05) is 6.92 Å². The van der Waals surface area contributed by atoms with E-state index in [0.717, 1.165) is 12.3 Å². The first kappa shape index (κ1) is 10.0. The normalized spacial score (nSPS) is 17.4. The summed E-state index contributed by atoms with van der Waals surface area (Å²) in [5.41, 5.74) is 5.84. The molecule has 1 aromatic heterocycles. The quantitative estimate of drug-likeness (QED) is 0.687. The maximum absolute atomic E-state index is 11.6. The van der Waals surface area contributed by atoms with E-state index in [1.54, 1.807) is 6.07 Å². The fourth-order valence-electron chi connectivity index (χ4n) is 1.67. The van der Waals surface area contributed by atoms with Gasteiger partial charge in [0.25, 0.3) is 5.91 Å². The van der Waals surface area contributed by atoms with Crippen molar-refractivity contribution in [1.82, 2.24) is 15.5 Å². The van der Waals surface area contributed by atoms with E-state index in [1.165, 1.54) is 12.8 Å². The lowest BCUT2D eigenvalue weighted by Gasteiger charge is -2.11. The van der Waals surface area contributed by atoms with Gasteiger partial charge in [0.2, 0.25) is 0 Å². The Kier molecular flexibility index (Phi) is 2.62. The van der Waals surface area contributed by atoms with Crippen molar-refractivity contribution in [2.75, 3.05) is 5.73 Å². The van der Waals surface area contributed by atoms with E-state index in [4.69, 9.17) is 5.73 Å². The van der Waals surface area contributed by atoms with Crippen LogP contribution in [0.1, 0.15) is 36.7 Å². The fraction of sp³-hybridized carbons (Fsp3) is 0.600. The van der Waals surface area contributed by atoms with Gasteiger partial charge in [-0.2, -0.15) is 5.10 Å². The molecule has 1 heterocycles. The van der Waals surface area contributed by atoms with Crippen molar-refractivity contribution < 1.29 is 4.79 Å². The predicted octanol–water partition coefficient (Wildman–Crippen LogP) is 0.910. The summed E-state index contributed by atoms with van der Waals surface area (Å²) in [7, 11) is 0. The molecule has 0 aromatic carbocycles. The van der Waals surface area contributed by atoms with Crippen molar-refractivity contribution in [2.45, 2.75) is 32.2 Å². The Morgan fingerprint density at radius 3 is 3.07 bits per heavy atom. The molecule has 1 aliphatic carbocycles. The van der Waals surface area contributed by atoms with Crippen LogP contribution in [0.2, 0.25) is 0 Å². The molecule has 1 aromatic rings. The van der Waals surface area contributed by atoms with Crippen LogP contribution < -0.4 is 11.1 Å². The first-order chi connectivity index (χ1) is 7.15. The molecule has 0 aliphatic heterocycles. The number of aromatic amines is 1. The molecule has 1 amide bonds. The molecule has 1 unspecified atom stereocenters. The number of anilines is 1. The second-order valence-electron chi connectivity index (χ2n) is 4.26. The molecule has 1 aliphatic rings. The SMILES string of the molecule is CC(CC1CC1)NC(=O)c1cc(N)n[nH]1. The van der Waals surface area contributed by atoms with Crippen molar-refractivity contribution in [3.63, 3.8) is 0 Å². The third kappa shape index (κ3) is 2.71. The smallest absolute Gasteiger partial charge is 0.269 e. The molecule has 1 saturated carbocycles. The second-order valence-corrected chi connectivity index (χ2v) is 4.26. The van der Waals surface area contributed by atoms with E-state index >= 15 is 0 Å². The van der Waals surface area contributed by atoms with E-state index < -0.39 is 0 Å². The number of hydrogen-bond donors (Lipinski definition) is 3. The van der Waals surface area contributed by atoms with Gasteiger partial charge in [-0.1, -0.05) is 12.8 Å². The van der Waals surface area contributed by atoms with Gasteiger partial charge in [-0.05, 0) is 19.3 Å². The number of nitrogens with one attached hydrogen (secondary N) is 2. The topological polar surface area (TPSA) is 83.8 Å². The Morgan fingerprint density at radius 1 is 1.80 bits per heavy atom. The van der Waals surface area contributed by atoms with Crippen molar-refractivity contribution in [2.24, 2.45) is 5.92 Å². The number of nitrogens with zero attached hydrogens (tertiary/aromatic N) is 1. The summed E-state index contributed by atoms with van der Waals surface area (Å²) < 4.78 is 0. The Morgan fingerprint density at radius 2 is 2.53 bits per heavy atom. The van der Waals surface area contributed by atoms with Gasteiger partial charge in [0.15, 0.2) is 0 Å². The molecule has 82 valence electrons. The molecule has 1 fully saturated rings. The Labute approximate surface area is 88.4 Å². The van der Waals surface area contributed by atoms with Gasteiger partial charge >= 0.3 is 0 Å². The van der Waals surface area contributed by atoms with E-state index in [2.05, 4.69) is 15.5 Å². The zero-order valence-corrected chi connectivity index (χ0v) is 8.79. The Balaban J connectivity index is 1.85. The molecule has 2 rings (SSSR count). The van der Waals surface area contributed by atoms with Crippen molar-refractivity contribution in [1.29, 1.82) is 0 Å². The summed E-state index contributed by atoms with van der Waals surface area (Å²) in [5, 5.41) is 9.22. The molecule has 5 nitrogen and oxygen atoms in total. The molecule has 0 radical (unpaired) electrons. The summed E-state index contributed by atoms with van der Waals surface area (Å²) >= 11 is 0. The molecular formula is C10H16N4O. The average Bonchev–Trinajstić information content (AvgIpc) is 2.85. The van der Waals surface area contributed by atoms with Gasteiger partial charge < -0.3 is 11.1 Å². The number of hydrogen-bond acceptors (Lipinski definition) is 3. The maximum Gasteiger partial charge on any atom is 0.269 e. The highest BCUT2D eigenvalue weighted by atomic mass is 16.2. The maximum atomic E-state index is 11.6. The zero-order valence-electron chi connectivity index (χ0n) is 8.79. The van der Waals surface area contributed by atoms with Gasteiger partial charge in [0.05, 0.1) is 0 Å². The largest absolute Gasteiger partial charge is 0.382 e. The molecule has 15 heavy (non-hydrogen) atoms. The molecule has 0 saturated heterocycles. The first-order valence-corrected chi connectivity index (χ1v) is 5.27. The lowest BCUT2D eigenvalue weighted by Crippen LogP contribution is -2.33. The molecule has 5 heteroatoms. The van der Waals surface area contributed by atoms with E-state index in [-0.39, 0.29) is 11.9 Å². The summed E-state index contributed by atoms with van der Waals surface area (Å²) in [5.74, 6) is 1.02. The van der Waals surface area contributed by atoms with Crippen LogP contribution in [0.25, 0.3) is 0 Å². The third-order valence-corrected chi connectivity index (χ3v) is 2.60. The summed E-state index contributed by atoms with van der Waals surface area (Å²) in [6, 6.07) is 1.76. The molecule has 1 atom stereocenters. The van der Waals surface area contributed by atoms with Crippen LogP contribution >= 0.6 is 0 Å². The molecule has 0 bridgehead atoms. The first-order valence-electron chi connectivity index (χ1n) is 5.27. The van der Waals surface area contributed by atoms with Crippen LogP contribution in [0.3, 0.4) is 0 Å². The molecular weight excluding hydrogens is 192 g/mol. The van der Waals surface area contributed by atoms with Gasteiger partial charge in [-0.15, -0.1) is 0 Å². The van der Waals surface area contributed by atoms with Crippen molar-refractivity contribution in [3.05, 3.63) is 11.8 Å². The Bertz CT molecular complexity index is 356. The highest BCUT2D eigenvalue weighted by molar-refractivity contribution is 5.93. The van der Waals surface area contributed by atoms with Crippen LogP contribution in [0.4, 0.5) is 5.82 Å². The van der Waals surface area contributed by atoms with Crippen LogP contribution in [0.5, 0.6) is 0 Å².